The topological polar surface area (TPSA) is 53.1 Å². The van der Waals surface area contributed by atoms with E-state index in [1.54, 1.807) is 11.9 Å². The molecule has 1 fully saturated rings. The molecule has 1 heterocycles. The Balaban J connectivity index is 0.00000289. The maximum absolute atomic E-state index is 12.9. The van der Waals surface area contributed by atoms with Gasteiger partial charge in [0, 0.05) is 38.8 Å². The van der Waals surface area contributed by atoms with E-state index in [9.17, 15) is 9.59 Å². The van der Waals surface area contributed by atoms with Crippen molar-refractivity contribution in [1.29, 1.82) is 0 Å². The SMILES string of the molecule is Cc1ccc(N(C)C(=O)c2ccccc2)c(OCCCCC(=C=O)N2CCN(C)CC2)c1.Cl.Cl. The molecule has 1 aliphatic heterocycles. The highest BCUT2D eigenvalue weighted by Crippen LogP contribution is 2.30. The number of nitrogens with zero attached hydrogens (tertiary/aromatic N) is 3. The van der Waals surface area contributed by atoms with Crippen LogP contribution < -0.4 is 9.64 Å². The molecule has 1 saturated heterocycles. The first-order valence-electron chi connectivity index (χ1n) is 11.2. The molecule has 0 N–H and O–H groups in total. The summed E-state index contributed by atoms with van der Waals surface area (Å²) < 4.78 is 6.08. The number of amides is 1. The summed E-state index contributed by atoms with van der Waals surface area (Å²) in [7, 11) is 3.87. The number of hydrogen-bond acceptors (Lipinski definition) is 5. The molecule has 0 spiro atoms. The summed E-state index contributed by atoms with van der Waals surface area (Å²) in [5.41, 5.74) is 3.22. The monoisotopic (exact) mass is 507 g/mol. The third kappa shape index (κ3) is 8.07. The summed E-state index contributed by atoms with van der Waals surface area (Å²) in [6.45, 7) is 6.24. The van der Waals surface area contributed by atoms with E-state index in [1.807, 2.05) is 55.5 Å². The Morgan fingerprint density at radius 1 is 1.03 bits per heavy atom. The van der Waals surface area contributed by atoms with Gasteiger partial charge in [-0.3, -0.25) is 4.79 Å². The van der Waals surface area contributed by atoms with E-state index in [4.69, 9.17) is 4.74 Å². The minimum absolute atomic E-state index is 0. The van der Waals surface area contributed by atoms with Crippen LogP contribution in [0.5, 0.6) is 5.75 Å². The molecule has 34 heavy (non-hydrogen) atoms. The molecule has 6 nitrogen and oxygen atoms in total. The number of likely N-dealkylation sites (N-methyl/N-ethyl adjacent to an activating group) is 1. The Morgan fingerprint density at radius 2 is 1.71 bits per heavy atom. The van der Waals surface area contributed by atoms with Gasteiger partial charge in [0.15, 0.2) is 0 Å². The molecule has 0 radical (unpaired) electrons. The number of anilines is 1. The Bertz CT molecular complexity index is 957. The van der Waals surface area contributed by atoms with Crippen molar-refractivity contribution < 1.29 is 14.3 Å². The Kier molecular flexibility index (Phi) is 12.8. The lowest BCUT2D eigenvalue weighted by Crippen LogP contribution is -2.44. The van der Waals surface area contributed by atoms with Crippen molar-refractivity contribution in [2.24, 2.45) is 0 Å². The fourth-order valence-electron chi connectivity index (χ4n) is 3.82. The highest BCUT2D eigenvalue weighted by atomic mass is 35.5. The number of carbonyl (C=O) groups is 1. The van der Waals surface area contributed by atoms with Gasteiger partial charge in [-0.05, 0) is 63.1 Å². The van der Waals surface area contributed by atoms with Gasteiger partial charge in [0.2, 0.25) is 0 Å². The van der Waals surface area contributed by atoms with Crippen molar-refractivity contribution in [2.45, 2.75) is 26.2 Å². The molecule has 8 heteroatoms. The van der Waals surface area contributed by atoms with Gasteiger partial charge in [0.05, 0.1) is 18.0 Å². The first-order valence-corrected chi connectivity index (χ1v) is 11.2. The number of halogens is 2. The number of hydrogen-bond donors (Lipinski definition) is 0. The van der Waals surface area contributed by atoms with E-state index in [0.29, 0.717) is 24.3 Å². The predicted molar refractivity (Wildman–Crippen MR) is 142 cm³/mol. The number of rotatable bonds is 9. The number of piperazine rings is 1. The highest BCUT2D eigenvalue weighted by Gasteiger charge is 2.18. The lowest BCUT2D eigenvalue weighted by atomic mass is 10.1. The van der Waals surface area contributed by atoms with Gasteiger partial charge in [-0.1, -0.05) is 24.3 Å². The summed E-state index contributed by atoms with van der Waals surface area (Å²) in [6.07, 6.45) is 2.39. The van der Waals surface area contributed by atoms with E-state index >= 15 is 0 Å². The zero-order valence-corrected chi connectivity index (χ0v) is 21.8. The zero-order chi connectivity index (χ0) is 22.9. The minimum atomic E-state index is -0.0766. The third-order valence-corrected chi connectivity index (χ3v) is 5.87. The van der Waals surface area contributed by atoms with Crippen molar-refractivity contribution in [3.63, 3.8) is 0 Å². The third-order valence-electron chi connectivity index (χ3n) is 5.87. The second-order valence-corrected chi connectivity index (χ2v) is 8.35. The van der Waals surface area contributed by atoms with E-state index in [2.05, 4.69) is 22.8 Å². The number of carbonyl (C=O) groups excluding carboxylic acids is 2. The number of allylic oxidation sites excluding steroid dienone is 1. The molecule has 186 valence electrons. The second kappa shape index (κ2) is 14.7. The van der Waals surface area contributed by atoms with Gasteiger partial charge >= 0.3 is 0 Å². The normalized spacial score (nSPS) is 13.2. The molecule has 0 aliphatic carbocycles. The summed E-state index contributed by atoms with van der Waals surface area (Å²) in [6, 6.07) is 15.1. The smallest absolute Gasteiger partial charge is 0.258 e. The van der Waals surface area contributed by atoms with Crippen LogP contribution >= 0.6 is 24.8 Å². The molecule has 2 aromatic rings. The molecule has 0 aromatic heterocycles. The molecule has 0 atom stereocenters. The van der Waals surface area contributed by atoms with Crippen molar-refractivity contribution in [1.82, 2.24) is 9.80 Å². The second-order valence-electron chi connectivity index (χ2n) is 8.35. The van der Waals surface area contributed by atoms with Crippen LogP contribution in [0.4, 0.5) is 5.69 Å². The average Bonchev–Trinajstić information content (AvgIpc) is 2.82. The first-order chi connectivity index (χ1) is 15.5. The van der Waals surface area contributed by atoms with E-state index in [-0.39, 0.29) is 30.7 Å². The quantitative estimate of drug-likeness (QED) is 0.365. The van der Waals surface area contributed by atoms with E-state index in [1.165, 1.54) is 0 Å². The van der Waals surface area contributed by atoms with Crippen LogP contribution in [0.15, 0.2) is 54.2 Å². The van der Waals surface area contributed by atoms with Crippen LogP contribution in [0.2, 0.25) is 0 Å². The van der Waals surface area contributed by atoms with Gasteiger partial charge in [-0.15, -0.1) is 24.8 Å². The number of benzene rings is 2. The van der Waals surface area contributed by atoms with Gasteiger partial charge < -0.3 is 19.4 Å². The van der Waals surface area contributed by atoms with Gasteiger partial charge in [-0.25, -0.2) is 4.79 Å². The van der Waals surface area contributed by atoms with Crippen LogP contribution in [-0.2, 0) is 4.79 Å². The predicted octanol–water partition coefficient (Wildman–Crippen LogP) is 4.63. The molecular weight excluding hydrogens is 473 g/mol. The first kappa shape index (κ1) is 29.5. The minimum Gasteiger partial charge on any atom is -0.491 e. The van der Waals surface area contributed by atoms with Gasteiger partial charge in [-0.2, -0.15) is 0 Å². The Morgan fingerprint density at radius 3 is 2.35 bits per heavy atom. The van der Waals surface area contributed by atoms with Crippen LogP contribution in [0.1, 0.15) is 35.2 Å². The molecule has 1 aliphatic rings. The van der Waals surface area contributed by atoms with Crippen LogP contribution in [0.3, 0.4) is 0 Å². The standard InChI is InChI=1S/C26H33N3O3.2ClH/c1-21-12-13-24(28(3)26(31)22-9-5-4-6-10-22)25(19-21)32-18-8-7-11-23(20-30)29-16-14-27(2)15-17-29;;/h4-6,9-10,12-13,19H,7-8,11,14-18H2,1-3H3;2*1H. The van der Waals surface area contributed by atoms with Crippen molar-refractivity contribution >= 4 is 42.3 Å². The van der Waals surface area contributed by atoms with E-state index in [0.717, 1.165) is 56.0 Å². The summed E-state index contributed by atoms with van der Waals surface area (Å²) in [5.74, 6) is 2.76. The number of unbranched alkanes of at least 4 members (excludes halogenated alkanes) is 1. The van der Waals surface area contributed by atoms with Crippen LogP contribution in [-0.4, -0.2) is 68.5 Å². The van der Waals surface area contributed by atoms with Crippen molar-refractivity contribution in [3.8, 4) is 5.75 Å². The summed E-state index contributed by atoms with van der Waals surface area (Å²) >= 11 is 0. The Labute approximate surface area is 215 Å². The molecular formula is C26H35Cl2N3O3. The lowest BCUT2D eigenvalue weighted by Gasteiger charge is -2.34. The van der Waals surface area contributed by atoms with Gasteiger partial charge in [0.1, 0.15) is 11.7 Å². The highest BCUT2D eigenvalue weighted by molar-refractivity contribution is 6.06. The summed E-state index contributed by atoms with van der Waals surface area (Å²) in [5, 5.41) is 0. The molecule has 1 amide bonds. The Hall–Kier alpha value is -2.50. The molecule has 0 saturated carbocycles. The molecule has 0 bridgehead atoms. The lowest BCUT2D eigenvalue weighted by molar-refractivity contribution is 0.0992. The largest absolute Gasteiger partial charge is 0.491 e. The maximum atomic E-state index is 12.9. The van der Waals surface area contributed by atoms with Crippen LogP contribution in [0, 0.1) is 6.92 Å². The fraction of sp³-hybridized carbons (Fsp3) is 0.423. The van der Waals surface area contributed by atoms with E-state index < -0.39 is 0 Å². The number of ether oxygens (including phenoxy) is 1. The van der Waals surface area contributed by atoms with Crippen molar-refractivity contribution in [2.75, 3.05) is 51.8 Å². The average molecular weight is 508 g/mol. The van der Waals surface area contributed by atoms with Crippen LogP contribution in [0.25, 0.3) is 0 Å². The molecule has 3 rings (SSSR count). The van der Waals surface area contributed by atoms with Crippen molar-refractivity contribution in [3.05, 3.63) is 65.4 Å². The fourth-order valence-corrected chi connectivity index (χ4v) is 3.82. The summed E-state index contributed by atoms with van der Waals surface area (Å²) in [4.78, 5) is 30.3. The molecule has 2 aromatic carbocycles. The zero-order valence-electron chi connectivity index (χ0n) is 20.2. The van der Waals surface area contributed by atoms with Gasteiger partial charge in [0.25, 0.3) is 5.91 Å². The maximum Gasteiger partial charge on any atom is 0.258 e. The molecule has 0 unspecified atom stereocenters. The number of aryl methyl sites for hydroxylation is 1.